The van der Waals surface area contributed by atoms with E-state index in [-0.39, 0.29) is 22.7 Å². The molecule has 1 atom stereocenters. The van der Waals surface area contributed by atoms with Gasteiger partial charge in [-0.05, 0) is 43.9 Å². The highest BCUT2D eigenvalue weighted by atomic mass is 32.2. The predicted octanol–water partition coefficient (Wildman–Crippen LogP) is 4.94. The van der Waals surface area contributed by atoms with E-state index in [0.29, 0.717) is 35.1 Å². The minimum Gasteiger partial charge on any atom is -0.338 e. The van der Waals surface area contributed by atoms with E-state index in [9.17, 15) is 8.42 Å². The number of nitrogens with one attached hydrogen (secondary N) is 2. The average Bonchev–Trinajstić information content (AvgIpc) is 3.39. The maximum Gasteiger partial charge on any atom is 0.264 e. The summed E-state index contributed by atoms with van der Waals surface area (Å²) in [5.41, 5.74) is 3.71. The second-order valence-electron chi connectivity index (χ2n) is 8.80. The molecule has 0 fully saturated rings. The number of hydrogen-bond donors (Lipinski definition) is 2. The third-order valence-corrected chi connectivity index (χ3v) is 7.22. The van der Waals surface area contributed by atoms with E-state index >= 15 is 0 Å². The van der Waals surface area contributed by atoms with Crippen LogP contribution in [0, 0.1) is 26.7 Å². The molecule has 2 aromatic heterocycles. The molecule has 0 amide bonds. The first kappa shape index (κ1) is 24.6. The Morgan fingerprint density at radius 1 is 0.943 bits per heavy atom. The number of hydrogen-bond acceptors (Lipinski definition) is 8. The van der Waals surface area contributed by atoms with Crippen LogP contribution in [0.25, 0.3) is 11.1 Å². The van der Waals surface area contributed by atoms with Crippen molar-refractivity contribution < 1.29 is 17.5 Å². The molecule has 4 rings (SSSR count). The Hall–Kier alpha value is -3.50. The summed E-state index contributed by atoms with van der Waals surface area (Å²) in [5.74, 6) is 1.55. The van der Waals surface area contributed by atoms with Gasteiger partial charge in [0, 0.05) is 17.7 Å². The Morgan fingerprint density at radius 2 is 1.66 bits per heavy atom. The van der Waals surface area contributed by atoms with Crippen LogP contribution in [0.4, 0.5) is 5.88 Å². The average molecular weight is 496 g/mol. The highest BCUT2D eigenvalue weighted by Crippen LogP contribution is 2.30. The van der Waals surface area contributed by atoms with Crippen LogP contribution in [0.2, 0.25) is 0 Å². The van der Waals surface area contributed by atoms with E-state index in [2.05, 4.69) is 39.2 Å². The fourth-order valence-electron chi connectivity index (χ4n) is 3.70. The summed E-state index contributed by atoms with van der Waals surface area (Å²) in [6.07, 6.45) is 0. The fraction of sp³-hybridized carbons (Fsp3) is 0.320. The van der Waals surface area contributed by atoms with Gasteiger partial charge in [-0.3, -0.25) is 0 Å². The van der Waals surface area contributed by atoms with Gasteiger partial charge in [0.2, 0.25) is 11.8 Å². The van der Waals surface area contributed by atoms with Crippen molar-refractivity contribution in [2.24, 2.45) is 5.92 Å². The molecule has 0 bridgehead atoms. The van der Waals surface area contributed by atoms with Gasteiger partial charge in [0.25, 0.3) is 10.0 Å². The third-order valence-electron chi connectivity index (χ3n) is 5.83. The maximum atomic E-state index is 13.2. The Labute approximate surface area is 205 Å². The molecule has 0 spiro atoms. The van der Waals surface area contributed by atoms with E-state index in [0.717, 1.165) is 11.1 Å². The largest absolute Gasteiger partial charge is 0.338 e. The highest BCUT2D eigenvalue weighted by Gasteiger charge is 2.23. The molecular weight excluding hydrogens is 466 g/mol. The van der Waals surface area contributed by atoms with Crippen molar-refractivity contribution in [1.29, 1.82) is 0 Å². The van der Waals surface area contributed by atoms with Crippen LogP contribution in [0.3, 0.4) is 0 Å². The summed E-state index contributed by atoms with van der Waals surface area (Å²) in [4.78, 5) is 4.51. The van der Waals surface area contributed by atoms with Crippen molar-refractivity contribution in [3.8, 4) is 11.1 Å². The molecular formula is C25H29N5O4S. The summed E-state index contributed by atoms with van der Waals surface area (Å²) in [6.45, 7) is 10.1. The van der Waals surface area contributed by atoms with Crippen molar-refractivity contribution in [2.45, 2.75) is 52.1 Å². The number of sulfonamides is 1. The van der Waals surface area contributed by atoms with E-state index in [1.807, 2.05) is 30.3 Å². The Bertz CT molecular complexity index is 1410. The molecule has 35 heavy (non-hydrogen) atoms. The minimum atomic E-state index is -3.89. The molecule has 184 valence electrons. The molecule has 2 N–H and O–H groups in total. The smallest absolute Gasteiger partial charge is 0.264 e. The van der Waals surface area contributed by atoms with Crippen molar-refractivity contribution in [3.05, 3.63) is 77.1 Å². The number of anilines is 1. The lowest BCUT2D eigenvalue weighted by Gasteiger charge is -2.18. The van der Waals surface area contributed by atoms with E-state index in [1.54, 1.807) is 39.0 Å². The Balaban J connectivity index is 1.53. The normalized spacial score (nSPS) is 12.7. The van der Waals surface area contributed by atoms with Crippen LogP contribution in [0.5, 0.6) is 0 Å². The van der Waals surface area contributed by atoms with Crippen LogP contribution in [0.15, 0.2) is 62.5 Å². The number of rotatable bonds is 9. The first-order valence-corrected chi connectivity index (χ1v) is 12.8. The van der Waals surface area contributed by atoms with Gasteiger partial charge in [0.05, 0.1) is 16.6 Å². The third kappa shape index (κ3) is 5.44. The lowest BCUT2D eigenvalue weighted by molar-refractivity contribution is 0.287. The predicted molar refractivity (Wildman–Crippen MR) is 132 cm³/mol. The fourth-order valence-corrected chi connectivity index (χ4v) is 4.98. The summed E-state index contributed by atoms with van der Waals surface area (Å²) >= 11 is 0. The first-order valence-electron chi connectivity index (χ1n) is 11.3. The standard InChI is InChI=1S/C25H29N5O4S/c1-15(2)23(25-27-18(5)29-34-25)26-14-19-10-12-20(13-11-19)21-8-6-7-9-22(21)35(31,32)30-24-16(3)17(4)28-33-24/h6-13,15,23,26,30H,14H2,1-5H3/t23-/m0/s1. The molecule has 9 nitrogen and oxygen atoms in total. The molecule has 2 heterocycles. The molecule has 2 aromatic carbocycles. The highest BCUT2D eigenvalue weighted by molar-refractivity contribution is 7.92. The lowest BCUT2D eigenvalue weighted by Crippen LogP contribution is -2.25. The van der Waals surface area contributed by atoms with Gasteiger partial charge in [-0.15, -0.1) is 0 Å². The second-order valence-corrected chi connectivity index (χ2v) is 10.5. The summed E-state index contributed by atoms with van der Waals surface area (Å²) in [7, 11) is -3.89. The molecule has 4 aromatic rings. The molecule has 0 aliphatic rings. The topological polar surface area (TPSA) is 123 Å². The first-order chi connectivity index (χ1) is 16.7. The number of aromatic nitrogens is 3. The molecule has 0 aliphatic carbocycles. The quantitative estimate of drug-likeness (QED) is 0.335. The van der Waals surface area contributed by atoms with Gasteiger partial charge >= 0.3 is 0 Å². The van der Waals surface area contributed by atoms with Crippen molar-refractivity contribution >= 4 is 15.9 Å². The van der Waals surface area contributed by atoms with E-state index in [1.165, 1.54) is 0 Å². The monoisotopic (exact) mass is 495 g/mol. The molecule has 0 unspecified atom stereocenters. The zero-order valence-corrected chi connectivity index (χ0v) is 21.2. The van der Waals surface area contributed by atoms with Gasteiger partial charge < -0.3 is 14.4 Å². The molecule has 0 aliphatic heterocycles. The minimum absolute atomic E-state index is 0.0731. The number of benzene rings is 2. The summed E-state index contributed by atoms with van der Waals surface area (Å²) in [5, 5.41) is 11.2. The van der Waals surface area contributed by atoms with Crippen molar-refractivity contribution in [1.82, 2.24) is 20.6 Å². The molecule has 10 heteroatoms. The van der Waals surface area contributed by atoms with Gasteiger partial charge in [-0.25, -0.2) is 13.1 Å². The summed E-state index contributed by atoms with van der Waals surface area (Å²) < 4.78 is 39.4. The maximum absolute atomic E-state index is 13.2. The van der Waals surface area contributed by atoms with E-state index in [4.69, 9.17) is 9.05 Å². The summed E-state index contributed by atoms with van der Waals surface area (Å²) in [6, 6.07) is 14.6. The Morgan fingerprint density at radius 3 is 2.26 bits per heavy atom. The Kier molecular flexibility index (Phi) is 7.04. The lowest BCUT2D eigenvalue weighted by atomic mass is 10.0. The van der Waals surface area contributed by atoms with E-state index < -0.39 is 10.0 Å². The van der Waals surface area contributed by atoms with Crippen LogP contribution in [-0.2, 0) is 16.6 Å². The van der Waals surface area contributed by atoms with Crippen molar-refractivity contribution in [2.75, 3.05) is 4.72 Å². The zero-order valence-electron chi connectivity index (χ0n) is 20.4. The van der Waals surface area contributed by atoms with Crippen LogP contribution in [-0.4, -0.2) is 23.7 Å². The van der Waals surface area contributed by atoms with Crippen LogP contribution < -0.4 is 10.0 Å². The van der Waals surface area contributed by atoms with Gasteiger partial charge in [0.1, 0.15) is 0 Å². The number of nitrogens with zero attached hydrogens (tertiary/aromatic N) is 3. The second kappa shape index (κ2) is 10.0. The SMILES string of the molecule is Cc1noc([C@@H](NCc2ccc(-c3ccccc3S(=O)(=O)Nc3onc(C)c3C)cc2)C(C)C)n1. The molecule has 0 saturated heterocycles. The van der Waals surface area contributed by atoms with Crippen LogP contribution >= 0.6 is 0 Å². The zero-order chi connectivity index (χ0) is 25.2. The van der Waals surface area contributed by atoms with Gasteiger partial charge in [0.15, 0.2) is 5.82 Å². The number of aryl methyl sites for hydroxylation is 2. The molecule has 0 radical (unpaired) electrons. The van der Waals surface area contributed by atoms with Gasteiger partial charge in [-0.1, -0.05) is 66.6 Å². The van der Waals surface area contributed by atoms with Crippen molar-refractivity contribution in [3.63, 3.8) is 0 Å². The van der Waals surface area contributed by atoms with Crippen LogP contribution in [0.1, 0.15) is 48.4 Å². The molecule has 0 saturated carbocycles. The van der Waals surface area contributed by atoms with Gasteiger partial charge in [-0.2, -0.15) is 4.98 Å².